The van der Waals surface area contributed by atoms with Gasteiger partial charge in [0.15, 0.2) is 11.6 Å². The van der Waals surface area contributed by atoms with E-state index in [1.165, 1.54) is 12.1 Å². The Bertz CT molecular complexity index is 656. The number of carbonyl (C=O) groups excluding carboxylic acids is 1. The van der Waals surface area contributed by atoms with Crippen LogP contribution in [0.2, 0.25) is 0 Å². The van der Waals surface area contributed by atoms with Crippen molar-refractivity contribution in [3.05, 3.63) is 58.9 Å². The van der Waals surface area contributed by atoms with Crippen LogP contribution in [0.3, 0.4) is 0 Å². The number of carbonyl (C=O) groups is 1. The van der Waals surface area contributed by atoms with E-state index in [0.29, 0.717) is 16.8 Å². The number of rotatable bonds is 4. The molecule has 0 aromatic heterocycles. The molecule has 0 bridgehead atoms. The zero-order valence-electron chi connectivity index (χ0n) is 11.0. The molecule has 104 valence electrons. The van der Waals surface area contributed by atoms with Crippen molar-refractivity contribution in [2.75, 3.05) is 5.73 Å². The third-order valence-corrected chi connectivity index (χ3v) is 2.99. The van der Waals surface area contributed by atoms with Gasteiger partial charge < -0.3 is 16.2 Å². The minimum Gasteiger partial charge on any atom is -0.486 e. The van der Waals surface area contributed by atoms with Gasteiger partial charge in [0, 0.05) is 22.9 Å². The van der Waals surface area contributed by atoms with Gasteiger partial charge in [0.1, 0.15) is 6.61 Å². The molecule has 1 amide bonds. The van der Waals surface area contributed by atoms with E-state index in [1.807, 2.05) is 0 Å². The van der Waals surface area contributed by atoms with Gasteiger partial charge in [0.05, 0.1) is 0 Å². The molecule has 4 nitrogen and oxygen atoms in total. The predicted molar refractivity (Wildman–Crippen MR) is 74.8 cm³/mol. The van der Waals surface area contributed by atoms with Gasteiger partial charge in [-0.3, -0.25) is 4.79 Å². The molecule has 0 saturated heterocycles. The number of nitrogens with two attached hydrogens (primary N) is 2. The van der Waals surface area contributed by atoms with E-state index in [9.17, 15) is 9.18 Å². The third kappa shape index (κ3) is 2.88. The highest BCUT2D eigenvalue weighted by molar-refractivity contribution is 5.94. The number of ether oxygens (including phenoxy) is 1. The lowest BCUT2D eigenvalue weighted by atomic mass is 10.1. The summed E-state index contributed by atoms with van der Waals surface area (Å²) in [5.41, 5.74) is 12.9. The van der Waals surface area contributed by atoms with E-state index in [1.54, 1.807) is 31.2 Å². The Morgan fingerprint density at radius 3 is 2.70 bits per heavy atom. The van der Waals surface area contributed by atoms with E-state index in [2.05, 4.69) is 0 Å². The van der Waals surface area contributed by atoms with Gasteiger partial charge >= 0.3 is 0 Å². The summed E-state index contributed by atoms with van der Waals surface area (Å²) >= 11 is 0. The molecule has 20 heavy (non-hydrogen) atoms. The van der Waals surface area contributed by atoms with Crippen LogP contribution < -0.4 is 16.2 Å². The molecule has 2 rings (SSSR count). The fourth-order valence-electron chi connectivity index (χ4n) is 1.82. The lowest BCUT2D eigenvalue weighted by Gasteiger charge is -2.11. The van der Waals surface area contributed by atoms with Crippen LogP contribution in [-0.2, 0) is 6.61 Å². The van der Waals surface area contributed by atoms with E-state index >= 15 is 0 Å². The summed E-state index contributed by atoms with van der Waals surface area (Å²) in [5.74, 6) is -0.987. The second-order valence-electron chi connectivity index (χ2n) is 4.45. The first-order valence-corrected chi connectivity index (χ1v) is 6.05. The number of primary amides is 1. The minimum atomic E-state index is -0.543. The molecular formula is C15H15FN2O2. The Labute approximate surface area is 116 Å². The Morgan fingerprint density at radius 1 is 1.30 bits per heavy atom. The third-order valence-electron chi connectivity index (χ3n) is 2.99. The molecule has 0 aliphatic carbocycles. The van der Waals surface area contributed by atoms with E-state index < -0.39 is 11.7 Å². The van der Waals surface area contributed by atoms with Crippen molar-refractivity contribution in [2.24, 2.45) is 5.73 Å². The van der Waals surface area contributed by atoms with Crippen LogP contribution >= 0.6 is 0 Å². The number of hydrogen-bond donors (Lipinski definition) is 2. The van der Waals surface area contributed by atoms with Gasteiger partial charge in [-0.25, -0.2) is 4.39 Å². The topological polar surface area (TPSA) is 78.3 Å². The molecule has 4 N–H and O–H groups in total. The van der Waals surface area contributed by atoms with Crippen molar-refractivity contribution >= 4 is 11.6 Å². The maximum atomic E-state index is 13.7. The second-order valence-corrected chi connectivity index (χ2v) is 4.45. The zero-order chi connectivity index (χ0) is 14.7. The van der Waals surface area contributed by atoms with Crippen LogP contribution in [0, 0.1) is 12.7 Å². The lowest BCUT2D eigenvalue weighted by Crippen LogP contribution is -2.14. The SMILES string of the molecule is Cc1cc(OCc2ccccc2C(N)=O)c(F)cc1N. The maximum absolute atomic E-state index is 13.7. The lowest BCUT2D eigenvalue weighted by molar-refractivity contribution is 0.0998. The summed E-state index contributed by atoms with van der Waals surface area (Å²) < 4.78 is 19.1. The van der Waals surface area contributed by atoms with Crippen molar-refractivity contribution in [2.45, 2.75) is 13.5 Å². The number of aryl methyl sites for hydroxylation is 1. The molecule has 0 atom stereocenters. The highest BCUT2D eigenvalue weighted by atomic mass is 19.1. The van der Waals surface area contributed by atoms with Crippen LogP contribution in [0.15, 0.2) is 36.4 Å². The van der Waals surface area contributed by atoms with Crippen molar-refractivity contribution in [3.8, 4) is 5.75 Å². The molecule has 0 heterocycles. The first-order chi connectivity index (χ1) is 9.49. The van der Waals surface area contributed by atoms with Crippen molar-refractivity contribution < 1.29 is 13.9 Å². The molecule has 5 heteroatoms. The molecule has 2 aromatic carbocycles. The zero-order valence-corrected chi connectivity index (χ0v) is 11.0. The fourth-order valence-corrected chi connectivity index (χ4v) is 1.82. The van der Waals surface area contributed by atoms with Crippen LogP contribution in [0.5, 0.6) is 5.75 Å². The molecule has 0 saturated carbocycles. The van der Waals surface area contributed by atoms with Crippen LogP contribution in [0.4, 0.5) is 10.1 Å². The average molecular weight is 274 g/mol. The van der Waals surface area contributed by atoms with Gasteiger partial charge in [0.25, 0.3) is 0 Å². The van der Waals surface area contributed by atoms with Gasteiger partial charge in [-0.1, -0.05) is 18.2 Å². The first kappa shape index (κ1) is 13.9. The molecule has 0 radical (unpaired) electrons. The van der Waals surface area contributed by atoms with Crippen LogP contribution in [-0.4, -0.2) is 5.91 Å². The Morgan fingerprint density at radius 2 is 2.00 bits per heavy atom. The number of benzene rings is 2. The molecule has 0 unspecified atom stereocenters. The summed E-state index contributed by atoms with van der Waals surface area (Å²) in [7, 11) is 0. The first-order valence-electron chi connectivity index (χ1n) is 6.05. The average Bonchev–Trinajstić information content (AvgIpc) is 2.41. The molecule has 0 aliphatic rings. The van der Waals surface area contributed by atoms with E-state index in [4.69, 9.17) is 16.2 Å². The Kier molecular flexibility index (Phi) is 3.89. The molecule has 0 aliphatic heterocycles. The standard InChI is InChI=1S/C15H15FN2O2/c1-9-6-14(12(16)7-13(9)17)20-8-10-4-2-3-5-11(10)15(18)19/h2-7H,8,17H2,1H3,(H2,18,19). The number of anilines is 1. The smallest absolute Gasteiger partial charge is 0.249 e. The summed E-state index contributed by atoms with van der Waals surface area (Å²) in [5, 5.41) is 0. The minimum absolute atomic E-state index is 0.0550. The van der Waals surface area contributed by atoms with Crippen LogP contribution in [0.1, 0.15) is 21.5 Å². The van der Waals surface area contributed by atoms with Crippen molar-refractivity contribution in [1.82, 2.24) is 0 Å². The van der Waals surface area contributed by atoms with Gasteiger partial charge in [0.2, 0.25) is 5.91 Å². The quantitative estimate of drug-likeness (QED) is 0.840. The Hall–Kier alpha value is -2.56. The highest BCUT2D eigenvalue weighted by Crippen LogP contribution is 2.24. The van der Waals surface area contributed by atoms with Gasteiger partial charge in [-0.2, -0.15) is 0 Å². The monoisotopic (exact) mass is 274 g/mol. The van der Waals surface area contributed by atoms with Crippen molar-refractivity contribution in [3.63, 3.8) is 0 Å². The Balaban J connectivity index is 2.21. The normalized spacial score (nSPS) is 10.3. The summed E-state index contributed by atoms with van der Waals surface area (Å²) in [6.07, 6.45) is 0. The van der Waals surface area contributed by atoms with E-state index in [0.717, 1.165) is 5.56 Å². The summed E-state index contributed by atoms with van der Waals surface area (Å²) in [4.78, 5) is 11.3. The predicted octanol–water partition coefficient (Wildman–Crippen LogP) is 2.39. The maximum Gasteiger partial charge on any atom is 0.249 e. The molecule has 2 aromatic rings. The van der Waals surface area contributed by atoms with Crippen LogP contribution in [0.25, 0.3) is 0 Å². The highest BCUT2D eigenvalue weighted by Gasteiger charge is 2.10. The largest absolute Gasteiger partial charge is 0.486 e. The van der Waals surface area contributed by atoms with Gasteiger partial charge in [-0.15, -0.1) is 0 Å². The summed E-state index contributed by atoms with van der Waals surface area (Å²) in [6.45, 7) is 1.82. The van der Waals surface area contributed by atoms with Crippen molar-refractivity contribution in [1.29, 1.82) is 0 Å². The second kappa shape index (κ2) is 5.61. The number of amides is 1. The summed E-state index contributed by atoms with van der Waals surface area (Å²) in [6, 6.07) is 9.52. The van der Waals surface area contributed by atoms with E-state index in [-0.39, 0.29) is 12.4 Å². The number of halogens is 1. The van der Waals surface area contributed by atoms with Gasteiger partial charge in [-0.05, 0) is 24.6 Å². The fraction of sp³-hybridized carbons (Fsp3) is 0.133. The molecular weight excluding hydrogens is 259 g/mol. The number of hydrogen-bond acceptors (Lipinski definition) is 3. The molecule has 0 fully saturated rings. The number of nitrogen functional groups attached to an aromatic ring is 1. The molecule has 0 spiro atoms.